The number of rotatable bonds is 15. The lowest BCUT2D eigenvalue weighted by Crippen LogP contribution is -2.43. The SMILES string of the molecule is C[C@@H](c1nc(-c2ccc(C#N)cc2)cs1)C(Cn1cncn1)(OC(=O)OCOCC(=O)c1ccc(COP(=O)(O)O)cc1)c1ccc(F)cc1F. The lowest BCUT2D eigenvalue weighted by Gasteiger charge is -2.37. The van der Waals surface area contributed by atoms with Crippen LogP contribution in [0.3, 0.4) is 0 Å². The van der Waals surface area contributed by atoms with Crippen LogP contribution in [0.1, 0.15) is 44.9 Å². The number of nitriles is 1. The molecule has 5 rings (SSSR count). The molecule has 5 aromatic rings. The highest BCUT2D eigenvalue weighted by Gasteiger charge is 2.47. The Hall–Kier alpha value is -5.21. The van der Waals surface area contributed by atoms with Crippen molar-refractivity contribution in [2.24, 2.45) is 0 Å². The fraction of sp³-hybridized carbons (Fsp3) is 0.212. The summed E-state index contributed by atoms with van der Waals surface area (Å²) < 4.78 is 62.7. The number of ketones is 1. The first-order chi connectivity index (χ1) is 24.4. The molecule has 1 unspecified atom stereocenters. The molecule has 0 spiro atoms. The van der Waals surface area contributed by atoms with Crippen molar-refractivity contribution in [1.82, 2.24) is 19.7 Å². The fourth-order valence-electron chi connectivity index (χ4n) is 4.98. The van der Waals surface area contributed by atoms with E-state index in [4.69, 9.17) is 34.2 Å². The Balaban J connectivity index is 1.34. The van der Waals surface area contributed by atoms with Crippen LogP contribution in [-0.4, -0.2) is 54.9 Å². The van der Waals surface area contributed by atoms with Gasteiger partial charge in [0, 0.05) is 28.1 Å². The molecule has 0 fully saturated rings. The summed E-state index contributed by atoms with van der Waals surface area (Å²) in [5.41, 5.74) is 0.179. The highest BCUT2D eigenvalue weighted by atomic mass is 32.1. The van der Waals surface area contributed by atoms with Crippen molar-refractivity contribution in [3.8, 4) is 17.3 Å². The molecule has 14 nitrogen and oxygen atoms in total. The normalized spacial score (nSPS) is 13.2. The molecule has 2 aromatic heterocycles. The van der Waals surface area contributed by atoms with Crippen molar-refractivity contribution < 1.29 is 51.5 Å². The number of ether oxygens (including phenoxy) is 3. The molecule has 2 heterocycles. The van der Waals surface area contributed by atoms with E-state index in [0.29, 0.717) is 33.5 Å². The number of hydrogen-bond donors (Lipinski definition) is 2. The molecular formula is C33H28F2N5O9PS. The monoisotopic (exact) mass is 739 g/mol. The summed E-state index contributed by atoms with van der Waals surface area (Å²) in [7, 11) is -4.66. The Labute approximate surface area is 293 Å². The second-order valence-electron chi connectivity index (χ2n) is 10.9. The minimum absolute atomic E-state index is 0.203. The van der Waals surface area contributed by atoms with Gasteiger partial charge in [-0.3, -0.25) is 9.32 Å². The third-order valence-corrected chi connectivity index (χ3v) is 9.08. The van der Waals surface area contributed by atoms with E-state index in [0.717, 1.165) is 12.1 Å². The van der Waals surface area contributed by atoms with E-state index in [1.807, 2.05) is 0 Å². The lowest BCUT2D eigenvalue weighted by atomic mass is 9.81. The third kappa shape index (κ3) is 9.52. The van der Waals surface area contributed by atoms with Crippen LogP contribution in [0.5, 0.6) is 0 Å². The number of thiazole rings is 1. The average molecular weight is 740 g/mol. The minimum Gasteiger partial charge on any atom is -0.420 e. The van der Waals surface area contributed by atoms with Gasteiger partial charge in [0.15, 0.2) is 18.2 Å². The van der Waals surface area contributed by atoms with Crippen LogP contribution in [0.2, 0.25) is 0 Å². The van der Waals surface area contributed by atoms with Crippen molar-refractivity contribution >= 4 is 31.1 Å². The van der Waals surface area contributed by atoms with Gasteiger partial charge in [0.25, 0.3) is 0 Å². The number of carbonyl (C=O) groups is 2. The first-order valence-electron chi connectivity index (χ1n) is 14.9. The molecule has 0 saturated heterocycles. The summed E-state index contributed by atoms with van der Waals surface area (Å²) in [6.45, 7) is -0.279. The van der Waals surface area contributed by atoms with Crippen molar-refractivity contribution in [3.63, 3.8) is 0 Å². The Morgan fingerprint density at radius 3 is 2.49 bits per heavy atom. The van der Waals surface area contributed by atoms with Gasteiger partial charge in [-0.15, -0.1) is 11.3 Å². The number of halogens is 2. The molecule has 0 aliphatic carbocycles. The van der Waals surface area contributed by atoms with Crippen molar-refractivity contribution in [3.05, 3.63) is 124 Å². The standard InChI is InChI=1S/C33H28F2N5O9PS/c1-21(31-39-29(16-51-31)24-6-2-22(13-36)3-7-24)33(17-40-19-37-18-38-40,27-11-10-26(34)12-28(27)35)49-32(42)47-20-46-15-30(41)25-8-4-23(5-9-25)14-48-50(43,44)45/h2-12,16,18-19,21H,14-15,17,20H2,1H3,(H2,43,44,45)/t21-,33?/m0/s1. The quantitative estimate of drug-likeness (QED) is 0.0426. The van der Waals surface area contributed by atoms with Crippen LogP contribution in [0.15, 0.2) is 84.8 Å². The molecule has 3 aromatic carbocycles. The van der Waals surface area contributed by atoms with Crippen LogP contribution >= 0.6 is 19.2 Å². The number of Topliss-reactive ketones (excluding diaryl/α,β-unsaturated/α-hetero) is 1. The van der Waals surface area contributed by atoms with Crippen LogP contribution in [-0.2, 0) is 42.1 Å². The number of hydrogen-bond acceptors (Lipinski definition) is 12. The molecule has 2 N–H and O–H groups in total. The van der Waals surface area contributed by atoms with Gasteiger partial charge in [0.2, 0.25) is 0 Å². The number of phosphoric acid groups is 1. The zero-order valence-electron chi connectivity index (χ0n) is 26.6. The van der Waals surface area contributed by atoms with Gasteiger partial charge >= 0.3 is 14.0 Å². The van der Waals surface area contributed by atoms with Gasteiger partial charge in [-0.25, -0.2) is 32.8 Å². The second kappa shape index (κ2) is 16.2. The van der Waals surface area contributed by atoms with Gasteiger partial charge < -0.3 is 24.0 Å². The maximum atomic E-state index is 15.7. The Morgan fingerprint density at radius 1 is 1.10 bits per heavy atom. The largest absolute Gasteiger partial charge is 0.511 e. The predicted octanol–water partition coefficient (Wildman–Crippen LogP) is 5.87. The maximum absolute atomic E-state index is 15.7. The third-order valence-electron chi connectivity index (χ3n) is 7.59. The predicted molar refractivity (Wildman–Crippen MR) is 175 cm³/mol. The van der Waals surface area contributed by atoms with Gasteiger partial charge in [-0.05, 0) is 29.8 Å². The van der Waals surface area contributed by atoms with Crippen molar-refractivity contribution in [2.75, 3.05) is 13.4 Å². The zero-order valence-corrected chi connectivity index (χ0v) is 28.3. The van der Waals surface area contributed by atoms with E-state index in [1.54, 1.807) is 36.6 Å². The summed E-state index contributed by atoms with van der Waals surface area (Å²) >= 11 is 1.21. The molecule has 0 radical (unpaired) electrons. The van der Waals surface area contributed by atoms with Gasteiger partial charge in [-0.2, -0.15) is 10.4 Å². The molecule has 0 aliphatic rings. The summed E-state index contributed by atoms with van der Waals surface area (Å²) in [6, 6.07) is 17.3. The molecular weight excluding hydrogens is 711 g/mol. The summed E-state index contributed by atoms with van der Waals surface area (Å²) in [4.78, 5) is 52.2. The maximum Gasteiger partial charge on any atom is 0.511 e. The van der Waals surface area contributed by atoms with E-state index in [2.05, 4.69) is 20.7 Å². The molecule has 0 bridgehead atoms. The molecule has 0 amide bonds. The number of benzene rings is 3. The van der Waals surface area contributed by atoms with E-state index < -0.39 is 56.3 Å². The number of phosphoric ester groups is 1. The first kappa shape index (κ1) is 37.1. The first-order valence-corrected chi connectivity index (χ1v) is 17.3. The lowest BCUT2D eigenvalue weighted by molar-refractivity contribution is -0.0956. The number of nitrogens with zero attached hydrogens (tertiary/aromatic N) is 5. The molecule has 2 atom stereocenters. The van der Waals surface area contributed by atoms with E-state index >= 15 is 4.39 Å². The van der Waals surface area contributed by atoms with Crippen molar-refractivity contribution in [2.45, 2.75) is 31.6 Å². The second-order valence-corrected chi connectivity index (χ2v) is 13.1. The summed E-state index contributed by atoms with van der Waals surface area (Å²) in [5, 5.41) is 15.4. The van der Waals surface area contributed by atoms with Crippen LogP contribution < -0.4 is 0 Å². The Bertz CT molecular complexity index is 2070. The van der Waals surface area contributed by atoms with Crippen LogP contribution in [0.25, 0.3) is 11.3 Å². The van der Waals surface area contributed by atoms with Gasteiger partial charge in [0.1, 0.15) is 35.9 Å². The van der Waals surface area contributed by atoms with E-state index in [1.165, 1.54) is 52.9 Å². The van der Waals surface area contributed by atoms with Crippen molar-refractivity contribution in [1.29, 1.82) is 5.26 Å². The highest BCUT2D eigenvalue weighted by molar-refractivity contribution is 7.46. The fourth-order valence-corrected chi connectivity index (χ4v) is 6.27. The summed E-state index contributed by atoms with van der Waals surface area (Å²) in [5.74, 6) is -3.27. The smallest absolute Gasteiger partial charge is 0.420 e. The molecule has 0 saturated carbocycles. The van der Waals surface area contributed by atoms with Crippen LogP contribution in [0, 0.1) is 23.0 Å². The Kier molecular flexibility index (Phi) is 11.8. The van der Waals surface area contributed by atoms with Gasteiger partial charge in [-0.1, -0.05) is 43.3 Å². The molecule has 18 heteroatoms. The van der Waals surface area contributed by atoms with E-state index in [-0.39, 0.29) is 24.3 Å². The number of carbonyl (C=O) groups excluding carboxylic acids is 2. The Morgan fingerprint density at radius 2 is 1.84 bits per heavy atom. The van der Waals surface area contributed by atoms with Crippen LogP contribution in [0.4, 0.5) is 13.6 Å². The highest BCUT2D eigenvalue weighted by Crippen LogP contribution is 2.45. The average Bonchev–Trinajstić information content (AvgIpc) is 3.81. The zero-order chi connectivity index (χ0) is 36.6. The van der Waals surface area contributed by atoms with E-state index in [9.17, 15) is 18.5 Å². The minimum atomic E-state index is -4.66. The topological polar surface area (TPSA) is 196 Å². The number of aromatic nitrogens is 4. The molecule has 0 aliphatic heterocycles. The molecule has 51 heavy (non-hydrogen) atoms. The van der Waals surface area contributed by atoms with Gasteiger partial charge in [0.05, 0.1) is 36.4 Å². The molecule has 264 valence electrons. The summed E-state index contributed by atoms with van der Waals surface area (Å²) in [6.07, 6.45) is 1.25.